The maximum Gasteiger partial charge on any atom is 0.0639 e. The van der Waals surface area contributed by atoms with Crippen molar-refractivity contribution in [3.63, 3.8) is 0 Å². The van der Waals surface area contributed by atoms with Crippen LogP contribution in [0, 0.1) is 0 Å². The molecule has 0 amide bonds. The Morgan fingerprint density at radius 1 is 0.783 bits per heavy atom. The lowest BCUT2D eigenvalue weighted by Gasteiger charge is -2.30. The standard InChI is InChI=1S/C22H19N/c23-22(21-12-6-10-19-9-4-5-11-20(19)21)15-13-18(14-16-22)17-7-2-1-3-8-17/h1-15H,16,23H2. The molecule has 1 nitrogen and oxygen atoms in total. The van der Waals surface area contributed by atoms with E-state index in [1.54, 1.807) is 0 Å². The summed E-state index contributed by atoms with van der Waals surface area (Å²) in [6, 6.07) is 25.3. The summed E-state index contributed by atoms with van der Waals surface area (Å²) in [5.41, 5.74) is 9.98. The third-order valence-electron chi connectivity index (χ3n) is 4.62. The monoisotopic (exact) mass is 297 g/mol. The van der Waals surface area contributed by atoms with Crippen LogP contribution in [0.2, 0.25) is 0 Å². The van der Waals surface area contributed by atoms with E-state index in [1.807, 2.05) is 6.07 Å². The number of hydrogen-bond donors (Lipinski definition) is 1. The quantitative estimate of drug-likeness (QED) is 0.704. The second-order valence-corrected chi connectivity index (χ2v) is 6.13. The van der Waals surface area contributed by atoms with Crippen LogP contribution in [0.4, 0.5) is 0 Å². The van der Waals surface area contributed by atoms with Crippen molar-refractivity contribution in [3.05, 3.63) is 102 Å². The molecule has 0 bridgehead atoms. The first-order valence-corrected chi connectivity index (χ1v) is 7.98. The van der Waals surface area contributed by atoms with Crippen LogP contribution in [0.3, 0.4) is 0 Å². The van der Waals surface area contributed by atoms with Crippen molar-refractivity contribution >= 4 is 16.3 Å². The maximum absolute atomic E-state index is 6.76. The Hall–Kier alpha value is -2.64. The summed E-state index contributed by atoms with van der Waals surface area (Å²) < 4.78 is 0. The van der Waals surface area contributed by atoms with Gasteiger partial charge in [-0.15, -0.1) is 0 Å². The molecule has 3 aromatic rings. The van der Waals surface area contributed by atoms with Gasteiger partial charge in [0.1, 0.15) is 0 Å². The zero-order valence-electron chi connectivity index (χ0n) is 12.9. The lowest BCUT2D eigenvalue weighted by Crippen LogP contribution is -2.35. The average molecular weight is 297 g/mol. The van der Waals surface area contributed by atoms with Gasteiger partial charge in [-0.3, -0.25) is 0 Å². The Morgan fingerprint density at radius 2 is 1.52 bits per heavy atom. The van der Waals surface area contributed by atoms with Gasteiger partial charge in [-0.25, -0.2) is 0 Å². The highest BCUT2D eigenvalue weighted by Crippen LogP contribution is 2.35. The molecule has 1 aliphatic rings. The topological polar surface area (TPSA) is 26.0 Å². The Bertz CT molecular complexity index is 900. The highest BCUT2D eigenvalue weighted by atomic mass is 14.7. The molecule has 0 saturated heterocycles. The van der Waals surface area contributed by atoms with Gasteiger partial charge >= 0.3 is 0 Å². The van der Waals surface area contributed by atoms with Gasteiger partial charge in [0, 0.05) is 0 Å². The molecule has 0 aromatic heterocycles. The molecule has 0 radical (unpaired) electrons. The molecule has 0 saturated carbocycles. The second kappa shape index (κ2) is 5.53. The summed E-state index contributed by atoms with van der Waals surface area (Å²) in [6.45, 7) is 0. The van der Waals surface area contributed by atoms with Crippen molar-refractivity contribution in [1.82, 2.24) is 0 Å². The molecule has 0 heterocycles. The van der Waals surface area contributed by atoms with E-state index in [0.717, 1.165) is 6.42 Å². The highest BCUT2D eigenvalue weighted by molar-refractivity contribution is 5.87. The highest BCUT2D eigenvalue weighted by Gasteiger charge is 2.27. The minimum Gasteiger partial charge on any atom is -0.318 e. The van der Waals surface area contributed by atoms with E-state index in [-0.39, 0.29) is 0 Å². The number of hydrogen-bond acceptors (Lipinski definition) is 1. The average Bonchev–Trinajstić information content (AvgIpc) is 2.62. The molecule has 3 aromatic carbocycles. The van der Waals surface area contributed by atoms with Crippen LogP contribution in [0.25, 0.3) is 16.3 Å². The molecule has 23 heavy (non-hydrogen) atoms. The fourth-order valence-corrected chi connectivity index (χ4v) is 3.33. The van der Waals surface area contributed by atoms with E-state index in [4.69, 9.17) is 5.73 Å². The van der Waals surface area contributed by atoms with Gasteiger partial charge in [0.05, 0.1) is 5.54 Å². The zero-order chi connectivity index (χ0) is 15.7. The van der Waals surface area contributed by atoms with Gasteiger partial charge in [0.25, 0.3) is 0 Å². The van der Waals surface area contributed by atoms with E-state index >= 15 is 0 Å². The molecule has 4 rings (SSSR count). The summed E-state index contributed by atoms with van der Waals surface area (Å²) in [4.78, 5) is 0. The lowest BCUT2D eigenvalue weighted by atomic mass is 9.80. The Morgan fingerprint density at radius 3 is 2.30 bits per heavy atom. The molecule has 1 heteroatoms. The van der Waals surface area contributed by atoms with E-state index in [9.17, 15) is 0 Å². The molecule has 1 aliphatic carbocycles. The van der Waals surface area contributed by atoms with Crippen LogP contribution >= 0.6 is 0 Å². The van der Waals surface area contributed by atoms with Crippen LogP contribution in [0.15, 0.2) is 91.0 Å². The number of allylic oxidation sites excluding steroid dienone is 2. The van der Waals surface area contributed by atoms with E-state index < -0.39 is 5.54 Å². The van der Waals surface area contributed by atoms with Gasteiger partial charge < -0.3 is 5.73 Å². The molecule has 1 unspecified atom stereocenters. The fraction of sp³-hybridized carbons (Fsp3) is 0.0909. The molecule has 2 N–H and O–H groups in total. The van der Waals surface area contributed by atoms with Crippen LogP contribution in [-0.2, 0) is 5.54 Å². The summed E-state index contributed by atoms with van der Waals surface area (Å²) in [7, 11) is 0. The number of fused-ring (bicyclic) bond motifs is 1. The third-order valence-corrected chi connectivity index (χ3v) is 4.62. The van der Waals surface area contributed by atoms with E-state index in [0.29, 0.717) is 0 Å². The van der Waals surface area contributed by atoms with Gasteiger partial charge in [-0.1, -0.05) is 91.0 Å². The van der Waals surface area contributed by atoms with Crippen molar-refractivity contribution in [2.24, 2.45) is 5.73 Å². The molecule has 112 valence electrons. The Balaban J connectivity index is 1.74. The Labute approximate surface area is 136 Å². The first-order valence-electron chi connectivity index (χ1n) is 7.98. The minimum absolute atomic E-state index is 0.445. The van der Waals surface area contributed by atoms with Gasteiger partial charge in [-0.05, 0) is 33.9 Å². The summed E-state index contributed by atoms with van der Waals surface area (Å²) in [5, 5.41) is 2.47. The van der Waals surface area contributed by atoms with Gasteiger partial charge in [-0.2, -0.15) is 0 Å². The summed E-state index contributed by atoms with van der Waals surface area (Å²) in [5.74, 6) is 0. The molecule has 0 spiro atoms. The van der Waals surface area contributed by atoms with E-state index in [2.05, 4.69) is 85.0 Å². The van der Waals surface area contributed by atoms with Crippen molar-refractivity contribution in [1.29, 1.82) is 0 Å². The van der Waals surface area contributed by atoms with Crippen molar-refractivity contribution in [3.8, 4) is 0 Å². The molecule has 0 aliphatic heterocycles. The van der Waals surface area contributed by atoms with Crippen LogP contribution in [-0.4, -0.2) is 0 Å². The normalized spacial score (nSPS) is 20.5. The molecule has 1 atom stereocenters. The number of nitrogens with two attached hydrogens (primary N) is 1. The van der Waals surface area contributed by atoms with Gasteiger partial charge in [0.2, 0.25) is 0 Å². The second-order valence-electron chi connectivity index (χ2n) is 6.13. The van der Waals surface area contributed by atoms with Crippen LogP contribution < -0.4 is 5.73 Å². The number of benzene rings is 3. The SMILES string of the molecule is NC1(c2cccc3ccccc23)C=CC(c2ccccc2)=CC1. The summed E-state index contributed by atoms with van der Waals surface area (Å²) in [6.07, 6.45) is 7.36. The molecular weight excluding hydrogens is 278 g/mol. The zero-order valence-corrected chi connectivity index (χ0v) is 12.9. The van der Waals surface area contributed by atoms with E-state index in [1.165, 1.54) is 27.5 Å². The van der Waals surface area contributed by atoms with Crippen molar-refractivity contribution in [2.45, 2.75) is 12.0 Å². The predicted molar refractivity (Wildman–Crippen MR) is 98.0 cm³/mol. The van der Waals surface area contributed by atoms with Gasteiger partial charge in [0.15, 0.2) is 0 Å². The molecule has 0 fully saturated rings. The fourth-order valence-electron chi connectivity index (χ4n) is 3.33. The summed E-state index contributed by atoms with van der Waals surface area (Å²) >= 11 is 0. The molecular formula is C22H19N. The predicted octanol–water partition coefficient (Wildman–Crippen LogP) is 5.04. The first-order chi connectivity index (χ1) is 11.3. The maximum atomic E-state index is 6.76. The minimum atomic E-state index is -0.445. The largest absolute Gasteiger partial charge is 0.318 e. The number of rotatable bonds is 2. The Kier molecular flexibility index (Phi) is 3.36. The van der Waals surface area contributed by atoms with Crippen LogP contribution in [0.5, 0.6) is 0 Å². The van der Waals surface area contributed by atoms with Crippen LogP contribution in [0.1, 0.15) is 17.5 Å². The first kappa shape index (κ1) is 14.0. The smallest absolute Gasteiger partial charge is 0.0639 e. The lowest BCUT2D eigenvalue weighted by molar-refractivity contribution is 0.572. The van der Waals surface area contributed by atoms with Crippen molar-refractivity contribution in [2.75, 3.05) is 0 Å². The van der Waals surface area contributed by atoms with Crippen molar-refractivity contribution < 1.29 is 0 Å². The third kappa shape index (κ3) is 2.49.